The molecule has 1 rings (SSSR count). The highest BCUT2D eigenvalue weighted by Crippen LogP contribution is 2.22. The first kappa shape index (κ1) is 14.6. The van der Waals surface area contributed by atoms with E-state index in [1.807, 2.05) is 6.92 Å². The summed E-state index contributed by atoms with van der Waals surface area (Å²) < 4.78 is 10.2. The van der Waals surface area contributed by atoms with Gasteiger partial charge in [0.1, 0.15) is 11.5 Å². The molecule has 1 aromatic carbocycles. The molecule has 4 nitrogen and oxygen atoms in total. The van der Waals surface area contributed by atoms with Gasteiger partial charge in [0.15, 0.2) is 0 Å². The summed E-state index contributed by atoms with van der Waals surface area (Å²) in [5.41, 5.74) is 0.507. The fourth-order valence-corrected chi connectivity index (χ4v) is 1.47. The lowest BCUT2D eigenvalue weighted by molar-refractivity contribution is 0.0948. The molecule has 1 N–H and O–H groups in total. The Labute approximate surface area is 112 Å². The Balaban J connectivity index is 2.78. The summed E-state index contributed by atoms with van der Waals surface area (Å²) in [6, 6.07) is 5.06. The molecule has 0 aliphatic heterocycles. The van der Waals surface area contributed by atoms with Crippen molar-refractivity contribution >= 4 is 17.5 Å². The van der Waals surface area contributed by atoms with Crippen molar-refractivity contribution in [3.8, 4) is 11.5 Å². The van der Waals surface area contributed by atoms with E-state index in [1.54, 1.807) is 32.4 Å². The summed E-state index contributed by atoms with van der Waals surface area (Å²) in [6.07, 6.45) is 0. The number of carbonyl (C=O) groups is 1. The van der Waals surface area contributed by atoms with Crippen LogP contribution in [0.5, 0.6) is 11.5 Å². The molecule has 0 aromatic heterocycles. The average molecular weight is 272 g/mol. The molecule has 0 aliphatic rings. The lowest BCUT2D eigenvalue weighted by Gasteiger charge is -2.11. The molecule has 0 radical (unpaired) electrons. The summed E-state index contributed by atoms with van der Waals surface area (Å²) in [5, 5.41) is 2.82. The van der Waals surface area contributed by atoms with Crippen LogP contribution in [0, 0.1) is 5.92 Å². The normalized spacial score (nSPS) is 11.8. The zero-order valence-corrected chi connectivity index (χ0v) is 11.6. The van der Waals surface area contributed by atoms with Crippen molar-refractivity contribution in [2.75, 3.05) is 26.6 Å². The number of benzene rings is 1. The number of hydrogen-bond donors (Lipinski definition) is 1. The summed E-state index contributed by atoms with van der Waals surface area (Å²) >= 11 is 5.69. The van der Waals surface area contributed by atoms with Crippen LogP contribution in [0.25, 0.3) is 0 Å². The third-order valence-electron chi connectivity index (χ3n) is 2.49. The fourth-order valence-electron chi connectivity index (χ4n) is 1.36. The number of carbonyl (C=O) groups excluding carboxylic acids is 1. The van der Waals surface area contributed by atoms with Gasteiger partial charge in [0.05, 0.1) is 14.2 Å². The second-order valence-corrected chi connectivity index (χ2v) is 4.38. The minimum Gasteiger partial charge on any atom is -0.497 e. The molecular formula is C13H18ClNO3. The predicted octanol–water partition coefficient (Wildman–Crippen LogP) is 2.31. The van der Waals surface area contributed by atoms with E-state index >= 15 is 0 Å². The third kappa shape index (κ3) is 4.11. The maximum absolute atomic E-state index is 11.9. The highest BCUT2D eigenvalue weighted by Gasteiger charge is 2.10. The Morgan fingerprint density at radius 2 is 1.83 bits per heavy atom. The molecule has 0 saturated heterocycles. The highest BCUT2D eigenvalue weighted by molar-refractivity contribution is 6.18. The van der Waals surface area contributed by atoms with Crippen molar-refractivity contribution in [3.05, 3.63) is 23.8 Å². The van der Waals surface area contributed by atoms with E-state index in [2.05, 4.69) is 5.32 Å². The topological polar surface area (TPSA) is 47.6 Å². The Morgan fingerprint density at radius 1 is 1.28 bits per heavy atom. The maximum Gasteiger partial charge on any atom is 0.251 e. The van der Waals surface area contributed by atoms with E-state index in [1.165, 1.54) is 0 Å². The molecule has 0 spiro atoms. The number of methoxy groups -OCH3 is 2. The largest absolute Gasteiger partial charge is 0.497 e. The molecule has 0 heterocycles. The van der Waals surface area contributed by atoms with E-state index < -0.39 is 0 Å². The number of nitrogens with one attached hydrogen (secondary N) is 1. The van der Waals surface area contributed by atoms with Crippen molar-refractivity contribution < 1.29 is 14.3 Å². The fraction of sp³-hybridized carbons (Fsp3) is 0.462. The Kier molecular flexibility index (Phi) is 5.78. The molecule has 0 bridgehead atoms. The molecule has 1 unspecified atom stereocenters. The van der Waals surface area contributed by atoms with Crippen LogP contribution >= 0.6 is 11.6 Å². The van der Waals surface area contributed by atoms with Crippen LogP contribution in [0.2, 0.25) is 0 Å². The highest BCUT2D eigenvalue weighted by atomic mass is 35.5. The van der Waals surface area contributed by atoms with Crippen LogP contribution < -0.4 is 14.8 Å². The van der Waals surface area contributed by atoms with Crippen molar-refractivity contribution in [3.63, 3.8) is 0 Å². The SMILES string of the molecule is COc1cc(OC)cc(C(=O)NCC(C)CCl)c1. The van der Waals surface area contributed by atoms with Gasteiger partial charge < -0.3 is 14.8 Å². The number of alkyl halides is 1. The second kappa shape index (κ2) is 7.11. The summed E-state index contributed by atoms with van der Waals surface area (Å²) in [4.78, 5) is 11.9. The number of halogens is 1. The first-order chi connectivity index (χ1) is 8.60. The van der Waals surface area contributed by atoms with E-state index in [-0.39, 0.29) is 11.8 Å². The van der Waals surface area contributed by atoms with Crippen LogP contribution in [0.15, 0.2) is 18.2 Å². The standard InChI is InChI=1S/C13H18ClNO3/c1-9(7-14)8-15-13(16)10-4-11(17-2)6-12(5-10)18-3/h4-6,9H,7-8H2,1-3H3,(H,15,16). The molecule has 0 saturated carbocycles. The second-order valence-electron chi connectivity index (χ2n) is 4.07. The predicted molar refractivity (Wildman–Crippen MR) is 71.8 cm³/mol. The average Bonchev–Trinajstić information content (AvgIpc) is 2.43. The number of ether oxygens (including phenoxy) is 2. The molecular weight excluding hydrogens is 254 g/mol. The van der Waals surface area contributed by atoms with Crippen LogP contribution in [-0.2, 0) is 0 Å². The van der Waals surface area contributed by atoms with Crippen LogP contribution in [0.1, 0.15) is 17.3 Å². The number of rotatable bonds is 6. The van der Waals surface area contributed by atoms with Crippen molar-refractivity contribution in [1.82, 2.24) is 5.32 Å². The van der Waals surface area contributed by atoms with Gasteiger partial charge in [0.25, 0.3) is 5.91 Å². The zero-order valence-electron chi connectivity index (χ0n) is 10.8. The molecule has 1 atom stereocenters. The van der Waals surface area contributed by atoms with Crippen molar-refractivity contribution in [2.24, 2.45) is 5.92 Å². The molecule has 0 fully saturated rings. The van der Waals surface area contributed by atoms with Gasteiger partial charge in [-0.15, -0.1) is 11.6 Å². The van der Waals surface area contributed by atoms with Gasteiger partial charge in [-0.05, 0) is 18.1 Å². The van der Waals surface area contributed by atoms with E-state index in [9.17, 15) is 4.79 Å². The van der Waals surface area contributed by atoms with E-state index in [0.717, 1.165) is 0 Å². The summed E-state index contributed by atoms with van der Waals surface area (Å²) in [6.45, 7) is 2.52. The molecule has 18 heavy (non-hydrogen) atoms. The maximum atomic E-state index is 11.9. The summed E-state index contributed by atoms with van der Waals surface area (Å²) in [5.74, 6) is 1.77. The molecule has 0 aliphatic carbocycles. The van der Waals surface area contributed by atoms with Gasteiger partial charge in [0, 0.05) is 24.1 Å². The molecule has 5 heteroatoms. The lowest BCUT2D eigenvalue weighted by Crippen LogP contribution is -2.28. The Bertz CT molecular complexity index is 387. The Hall–Kier alpha value is -1.42. The van der Waals surface area contributed by atoms with Gasteiger partial charge in [-0.3, -0.25) is 4.79 Å². The lowest BCUT2D eigenvalue weighted by atomic mass is 10.1. The first-order valence-electron chi connectivity index (χ1n) is 5.68. The van der Waals surface area contributed by atoms with Gasteiger partial charge in [-0.25, -0.2) is 0 Å². The third-order valence-corrected chi connectivity index (χ3v) is 3.01. The van der Waals surface area contributed by atoms with Gasteiger partial charge >= 0.3 is 0 Å². The van der Waals surface area contributed by atoms with Crippen LogP contribution in [0.4, 0.5) is 0 Å². The molecule has 100 valence electrons. The smallest absolute Gasteiger partial charge is 0.251 e. The first-order valence-corrected chi connectivity index (χ1v) is 6.21. The van der Waals surface area contributed by atoms with Crippen LogP contribution in [-0.4, -0.2) is 32.6 Å². The number of hydrogen-bond acceptors (Lipinski definition) is 3. The zero-order chi connectivity index (χ0) is 13.5. The number of amides is 1. The van der Waals surface area contributed by atoms with Gasteiger partial charge in [-0.1, -0.05) is 6.92 Å². The minimum atomic E-state index is -0.163. The van der Waals surface area contributed by atoms with Gasteiger partial charge in [0.2, 0.25) is 0 Å². The van der Waals surface area contributed by atoms with Crippen molar-refractivity contribution in [2.45, 2.75) is 6.92 Å². The van der Waals surface area contributed by atoms with Crippen molar-refractivity contribution in [1.29, 1.82) is 0 Å². The summed E-state index contributed by atoms with van der Waals surface area (Å²) in [7, 11) is 3.10. The molecule has 1 aromatic rings. The quantitative estimate of drug-likeness (QED) is 0.808. The molecule has 1 amide bonds. The minimum absolute atomic E-state index is 0.163. The van der Waals surface area contributed by atoms with Gasteiger partial charge in [-0.2, -0.15) is 0 Å². The van der Waals surface area contributed by atoms with Crippen LogP contribution in [0.3, 0.4) is 0 Å². The van der Waals surface area contributed by atoms with E-state index in [4.69, 9.17) is 21.1 Å². The van der Waals surface area contributed by atoms with E-state index in [0.29, 0.717) is 29.5 Å². The monoisotopic (exact) mass is 271 g/mol. The Morgan fingerprint density at radius 3 is 2.28 bits per heavy atom.